The van der Waals surface area contributed by atoms with Crippen molar-refractivity contribution in [3.8, 4) is 0 Å². The molecule has 158 valence electrons. The van der Waals surface area contributed by atoms with Gasteiger partial charge in [-0.3, -0.25) is 0 Å². The SMILES string of the molecule is c1ccc2c(c1)C1c3ccccc3C2c2cc3c(cc21)C1c2ccccc2C3c2ccccc21. The molecule has 0 atom stereocenters. The van der Waals surface area contributed by atoms with E-state index >= 15 is 0 Å². The molecule has 0 radical (unpaired) electrons. The monoisotopic (exact) mass is 430 g/mol. The largest absolute Gasteiger partial charge is 0.0619 e. The average Bonchev–Trinajstić information content (AvgIpc) is 2.91. The van der Waals surface area contributed by atoms with Crippen LogP contribution < -0.4 is 0 Å². The molecule has 0 N–H and O–H groups in total. The van der Waals surface area contributed by atoms with E-state index in [2.05, 4.69) is 109 Å². The van der Waals surface area contributed by atoms with Gasteiger partial charge in [-0.1, -0.05) is 109 Å². The van der Waals surface area contributed by atoms with E-state index in [1.54, 1.807) is 0 Å². The molecule has 5 aromatic rings. The minimum absolute atomic E-state index is 0.337. The van der Waals surface area contributed by atoms with Gasteiger partial charge in [-0.2, -0.15) is 0 Å². The predicted octanol–water partition coefficient (Wildman–Crippen LogP) is 7.66. The van der Waals surface area contributed by atoms with E-state index in [-0.39, 0.29) is 0 Å². The van der Waals surface area contributed by atoms with Crippen LogP contribution in [0.25, 0.3) is 0 Å². The van der Waals surface area contributed by atoms with E-state index in [0.717, 1.165) is 0 Å². The Morgan fingerprint density at radius 1 is 0.235 bits per heavy atom. The third kappa shape index (κ3) is 1.90. The van der Waals surface area contributed by atoms with Gasteiger partial charge in [-0.15, -0.1) is 0 Å². The van der Waals surface area contributed by atoms with Crippen molar-refractivity contribution in [3.05, 3.63) is 176 Å². The first-order chi connectivity index (χ1) is 16.9. The summed E-state index contributed by atoms with van der Waals surface area (Å²) in [4.78, 5) is 0. The van der Waals surface area contributed by atoms with Gasteiger partial charge in [-0.05, 0) is 66.8 Å². The van der Waals surface area contributed by atoms with Crippen molar-refractivity contribution in [1.29, 1.82) is 0 Å². The van der Waals surface area contributed by atoms with Crippen LogP contribution in [-0.4, -0.2) is 0 Å². The number of hydrogen-bond acceptors (Lipinski definition) is 0. The lowest BCUT2D eigenvalue weighted by molar-refractivity contribution is 0.716. The summed E-state index contributed by atoms with van der Waals surface area (Å²) in [6.45, 7) is 0. The van der Waals surface area contributed by atoms with Gasteiger partial charge in [0.1, 0.15) is 0 Å². The Hall–Kier alpha value is -3.90. The highest BCUT2D eigenvalue weighted by Gasteiger charge is 2.46. The Labute approximate surface area is 199 Å². The quantitative estimate of drug-likeness (QED) is 0.232. The minimum atomic E-state index is 0.337. The molecule has 0 spiro atoms. The first kappa shape index (κ1) is 17.6. The zero-order valence-electron chi connectivity index (χ0n) is 18.7. The topological polar surface area (TPSA) is 0 Å². The summed E-state index contributed by atoms with van der Waals surface area (Å²) in [6, 6.07) is 41.9. The van der Waals surface area contributed by atoms with Crippen LogP contribution in [0.5, 0.6) is 0 Å². The van der Waals surface area contributed by atoms with E-state index in [1.165, 1.54) is 66.8 Å². The second-order valence-electron chi connectivity index (χ2n) is 10.4. The van der Waals surface area contributed by atoms with Gasteiger partial charge in [0.2, 0.25) is 0 Å². The Bertz CT molecular complexity index is 1350. The fourth-order valence-electron chi connectivity index (χ4n) is 7.83. The molecule has 0 aromatic heterocycles. The molecule has 0 unspecified atom stereocenters. The summed E-state index contributed by atoms with van der Waals surface area (Å²) < 4.78 is 0. The summed E-state index contributed by atoms with van der Waals surface area (Å²) >= 11 is 0. The van der Waals surface area contributed by atoms with E-state index in [1.807, 2.05) is 0 Å². The minimum Gasteiger partial charge on any atom is -0.0619 e. The maximum absolute atomic E-state index is 2.61. The van der Waals surface area contributed by atoms with E-state index < -0.39 is 0 Å². The first-order valence-corrected chi connectivity index (χ1v) is 12.4. The smallest absolute Gasteiger partial charge is 0.0349 e. The number of hydrogen-bond donors (Lipinski definition) is 0. The molecule has 0 heterocycles. The van der Waals surface area contributed by atoms with E-state index in [9.17, 15) is 0 Å². The Morgan fingerprint density at radius 2 is 0.412 bits per heavy atom. The van der Waals surface area contributed by atoms with Crippen molar-refractivity contribution in [2.45, 2.75) is 23.7 Å². The second-order valence-corrected chi connectivity index (χ2v) is 10.4. The van der Waals surface area contributed by atoms with Gasteiger partial charge in [0.15, 0.2) is 0 Å². The number of rotatable bonds is 0. The second kappa shape index (κ2) is 5.96. The van der Waals surface area contributed by atoms with Crippen molar-refractivity contribution in [2.75, 3.05) is 0 Å². The first-order valence-electron chi connectivity index (χ1n) is 12.4. The standard InChI is InChI=1S/C34H22/c1-2-10-20-19(9-1)31-21-11-3-4-12-22(21)32(20)28-18-30-29(17-27(28)31)33-23-13-5-7-15-25(23)34(30)26-16-8-6-14-24(26)33/h1-18,31-34H. The lowest BCUT2D eigenvalue weighted by atomic mass is 9.56. The van der Waals surface area contributed by atoms with Crippen LogP contribution in [0.2, 0.25) is 0 Å². The molecular formula is C34H22. The van der Waals surface area contributed by atoms with Crippen molar-refractivity contribution in [3.63, 3.8) is 0 Å². The molecule has 6 aliphatic rings. The van der Waals surface area contributed by atoms with Gasteiger partial charge in [0, 0.05) is 23.7 Å². The van der Waals surface area contributed by atoms with Gasteiger partial charge in [-0.25, -0.2) is 0 Å². The number of benzene rings is 5. The fourth-order valence-corrected chi connectivity index (χ4v) is 7.83. The van der Waals surface area contributed by atoms with E-state index in [4.69, 9.17) is 0 Å². The van der Waals surface area contributed by atoms with Crippen LogP contribution in [0.4, 0.5) is 0 Å². The molecule has 0 aliphatic heterocycles. The van der Waals surface area contributed by atoms with Gasteiger partial charge < -0.3 is 0 Å². The van der Waals surface area contributed by atoms with Crippen LogP contribution in [0.15, 0.2) is 109 Å². The Kier molecular flexibility index (Phi) is 3.08. The van der Waals surface area contributed by atoms with Crippen molar-refractivity contribution < 1.29 is 0 Å². The van der Waals surface area contributed by atoms with Gasteiger partial charge >= 0.3 is 0 Å². The molecule has 0 fully saturated rings. The molecule has 0 amide bonds. The van der Waals surface area contributed by atoms with Gasteiger partial charge in [0.25, 0.3) is 0 Å². The lowest BCUT2D eigenvalue weighted by Gasteiger charge is -2.46. The molecule has 34 heavy (non-hydrogen) atoms. The third-order valence-electron chi connectivity index (χ3n) is 9.00. The zero-order chi connectivity index (χ0) is 22.0. The van der Waals surface area contributed by atoms with Crippen molar-refractivity contribution in [1.82, 2.24) is 0 Å². The Morgan fingerprint density at radius 3 is 0.588 bits per heavy atom. The van der Waals surface area contributed by atoms with Crippen molar-refractivity contribution >= 4 is 0 Å². The molecule has 11 rings (SSSR count). The van der Waals surface area contributed by atoms with Crippen molar-refractivity contribution in [2.24, 2.45) is 0 Å². The van der Waals surface area contributed by atoms with Crippen LogP contribution >= 0.6 is 0 Å². The van der Waals surface area contributed by atoms with Gasteiger partial charge in [0.05, 0.1) is 0 Å². The third-order valence-corrected chi connectivity index (χ3v) is 9.00. The maximum Gasteiger partial charge on any atom is 0.0349 e. The van der Waals surface area contributed by atoms with Crippen LogP contribution in [0.3, 0.4) is 0 Å². The molecular weight excluding hydrogens is 408 g/mol. The molecule has 5 aromatic carbocycles. The predicted molar refractivity (Wildman–Crippen MR) is 136 cm³/mol. The van der Waals surface area contributed by atoms with Crippen LogP contribution in [-0.2, 0) is 0 Å². The molecule has 0 saturated heterocycles. The molecule has 0 saturated carbocycles. The van der Waals surface area contributed by atoms with E-state index in [0.29, 0.717) is 23.7 Å². The normalized spacial score (nSPS) is 23.3. The lowest BCUT2D eigenvalue weighted by Crippen LogP contribution is -2.31. The summed E-state index contributed by atoms with van der Waals surface area (Å²) in [5, 5.41) is 0. The maximum atomic E-state index is 2.61. The molecule has 0 heteroatoms. The average molecular weight is 431 g/mol. The Balaban J connectivity index is 1.37. The zero-order valence-corrected chi connectivity index (χ0v) is 18.7. The summed E-state index contributed by atoms with van der Waals surface area (Å²) in [6.07, 6.45) is 0. The molecule has 0 nitrogen and oxygen atoms in total. The highest BCUT2D eigenvalue weighted by Crippen LogP contribution is 2.61. The highest BCUT2D eigenvalue weighted by atomic mass is 14.5. The molecule has 4 bridgehead atoms. The summed E-state index contributed by atoms with van der Waals surface area (Å²) in [5.74, 6) is 1.35. The summed E-state index contributed by atoms with van der Waals surface area (Å²) in [7, 11) is 0. The fraction of sp³-hybridized carbons (Fsp3) is 0.118. The summed E-state index contributed by atoms with van der Waals surface area (Å²) in [5.41, 5.74) is 18.1. The molecule has 6 aliphatic carbocycles. The highest BCUT2D eigenvalue weighted by molar-refractivity contribution is 5.74. The van der Waals surface area contributed by atoms with Crippen LogP contribution in [0.1, 0.15) is 90.4 Å². The van der Waals surface area contributed by atoms with Crippen LogP contribution in [0, 0.1) is 0 Å².